The molecule has 0 heterocycles. The van der Waals surface area contributed by atoms with E-state index in [1.165, 1.54) is 19.3 Å². The molecule has 0 saturated heterocycles. The summed E-state index contributed by atoms with van der Waals surface area (Å²) >= 11 is 6.18. The zero-order chi connectivity index (χ0) is 19.1. The number of anilines is 1. The SMILES string of the molecule is CCOc1cc(/C=C/C(=O)Nc2cccc(C(N)=O)c2)cc(Cl)c1OC. The zero-order valence-electron chi connectivity index (χ0n) is 14.4. The first-order chi connectivity index (χ1) is 12.4. The standard InChI is InChI=1S/C19H19ClN2O4/c1-3-26-16-10-12(9-15(20)18(16)25-2)7-8-17(23)22-14-6-4-5-13(11-14)19(21)24/h4-11H,3H2,1-2H3,(H2,21,24)(H,22,23)/b8-7+. The summed E-state index contributed by atoms with van der Waals surface area (Å²) in [5, 5.41) is 3.04. The summed E-state index contributed by atoms with van der Waals surface area (Å²) in [5.41, 5.74) is 6.69. The molecule has 7 heteroatoms. The van der Waals surface area contributed by atoms with Crippen LogP contribution in [0.5, 0.6) is 11.5 Å². The van der Waals surface area contributed by atoms with E-state index in [-0.39, 0.29) is 5.91 Å². The van der Waals surface area contributed by atoms with E-state index in [2.05, 4.69) is 5.32 Å². The van der Waals surface area contributed by atoms with E-state index in [1.54, 1.807) is 36.4 Å². The second kappa shape index (κ2) is 8.92. The highest BCUT2D eigenvalue weighted by molar-refractivity contribution is 6.32. The van der Waals surface area contributed by atoms with Crippen molar-refractivity contribution in [2.75, 3.05) is 19.0 Å². The van der Waals surface area contributed by atoms with Gasteiger partial charge in [-0.25, -0.2) is 0 Å². The lowest BCUT2D eigenvalue weighted by atomic mass is 10.1. The van der Waals surface area contributed by atoms with Gasteiger partial charge >= 0.3 is 0 Å². The molecule has 0 aliphatic heterocycles. The fourth-order valence-corrected chi connectivity index (χ4v) is 2.55. The first kappa shape index (κ1) is 19.3. The summed E-state index contributed by atoms with van der Waals surface area (Å²) in [6.07, 6.45) is 2.95. The van der Waals surface area contributed by atoms with Gasteiger partial charge in [0.15, 0.2) is 11.5 Å². The summed E-state index contributed by atoms with van der Waals surface area (Å²) in [4.78, 5) is 23.3. The molecule has 0 unspecified atom stereocenters. The molecular formula is C19H19ClN2O4. The van der Waals surface area contributed by atoms with Crippen molar-refractivity contribution in [2.45, 2.75) is 6.92 Å². The number of methoxy groups -OCH3 is 1. The molecule has 2 amide bonds. The number of amides is 2. The highest BCUT2D eigenvalue weighted by atomic mass is 35.5. The summed E-state index contributed by atoms with van der Waals surface area (Å²) in [7, 11) is 1.51. The van der Waals surface area contributed by atoms with E-state index in [9.17, 15) is 9.59 Å². The highest BCUT2D eigenvalue weighted by Crippen LogP contribution is 2.36. The van der Waals surface area contributed by atoms with Gasteiger partial charge < -0.3 is 20.5 Å². The average molecular weight is 375 g/mol. The van der Waals surface area contributed by atoms with Gasteiger partial charge in [-0.2, -0.15) is 0 Å². The lowest BCUT2D eigenvalue weighted by Crippen LogP contribution is -2.12. The Morgan fingerprint density at radius 2 is 2.04 bits per heavy atom. The Labute approximate surface area is 156 Å². The van der Waals surface area contributed by atoms with Crippen molar-refractivity contribution in [3.8, 4) is 11.5 Å². The monoisotopic (exact) mass is 374 g/mol. The average Bonchev–Trinajstić information content (AvgIpc) is 2.60. The van der Waals surface area contributed by atoms with E-state index < -0.39 is 5.91 Å². The molecule has 0 aliphatic carbocycles. The van der Waals surface area contributed by atoms with E-state index in [0.29, 0.717) is 39.9 Å². The smallest absolute Gasteiger partial charge is 0.248 e. The molecule has 0 radical (unpaired) electrons. The van der Waals surface area contributed by atoms with Crippen molar-refractivity contribution in [1.82, 2.24) is 0 Å². The summed E-state index contributed by atoms with van der Waals surface area (Å²) in [6, 6.07) is 9.77. The predicted molar refractivity (Wildman–Crippen MR) is 102 cm³/mol. The summed E-state index contributed by atoms with van der Waals surface area (Å²) in [6.45, 7) is 2.31. The number of hydrogen-bond acceptors (Lipinski definition) is 4. The van der Waals surface area contributed by atoms with Crippen LogP contribution in [0, 0.1) is 0 Å². The molecule has 0 fully saturated rings. The normalized spacial score (nSPS) is 10.6. The minimum absolute atomic E-state index is 0.315. The van der Waals surface area contributed by atoms with E-state index in [1.807, 2.05) is 6.92 Å². The number of carbonyl (C=O) groups excluding carboxylic acids is 2. The Bertz CT molecular complexity index is 849. The van der Waals surface area contributed by atoms with Gasteiger partial charge in [0.1, 0.15) is 0 Å². The highest BCUT2D eigenvalue weighted by Gasteiger charge is 2.10. The second-order valence-electron chi connectivity index (χ2n) is 5.23. The van der Waals surface area contributed by atoms with Crippen LogP contribution < -0.4 is 20.5 Å². The minimum atomic E-state index is -0.562. The number of rotatable bonds is 7. The van der Waals surface area contributed by atoms with Crippen LogP contribution in [0.2, 0.25) is 5.02 Å². The molecular weight excluding hydrogens is 356 g/mol. The number of carbonyl (C=O) groups is 2. The first-order valence-corrected chi connectivity index (χ1v) is 8.21. The fraction of sp³-hybridized carbons (Fsp3) is 0.158. The van der Waals surface area contributed by atoms with Crippen molar-refractivity contribution in [2.24, 2.45) is 5.73 Å². The summed E-state index contributed by atoms with van der Waals surface area (Å²) in [5.74, 6) is 0.0135. The van der Waals surface area contributed by atoms with Gasteiger partial charge in [-0.1, -0.05) is 17.7 Å². The van der Waals surface area contributed by atoms with Gasteiger partial charge in [-0.05, 0) is 48.9 Å². The lowest BCUT2D eigenvalue weighted by molar-refractivity contribution is -0.111. The maximum atomic E-state index is 12.1. The molecule has 2 aromatic rings. The predicted octanol–water partition coefficient (Wildman–Crippen LogP) is 3.50. The molecule has 26 heavy (non-hydrogen) atoms. The van der Waals surface area contributed by atoms with E-state index in [4.69, 9.17) is 26.8 Å². The third-order valence-corrected chi connectivity index (χ3v) is 3.66. The van der Waals surface area contributed by atoms with Crippen LogP contribution in [-0.2, 0) is 4.79 Å². The van der Waals surface area contributed by atoms with Crippen LogP contribution in [-0.4, -0.2) is 25.5 Å². The molecule has 2 aromatic carbocycles. The molecule has 0 bridgehead atoms. The molecule has 0 spiro atoms. The Kier molecular flexibility index (Phi) is 6.63. The van der Waals surface area contributed by atoms with Gasteiger partial charge in [0.05, 0.1) is 18.7 Å². The zero-order valence-corrected chi connectivity index (χ0v) is 15.2. The molecule has 2 rings (SSSR count). The maximum Gasteiger partial charge on any atom is 0.248 e. The van der Waals surface area contributed by atoms with Crippen molar-refractivity contribution in [1.29, 1.82) is 0 Å². The topological polar surface area (TPSA) is 90.6 Å². The van der Waals surface area contributed by atoms with Crippen LogP contribution in [0.25, 0.3) is 6.08 Å². The Balaban J connectivity index is 2.15. The van der Waals surface area contributed by atoms with Crippen molar-refractivity contribution in [3.63, 3.8) is 0 Å². The van der Waals surface area contributed by atoms with E-state index >= 15 is 0 Å². The molecule has 3 N–H and O–H groups in total. The number of primary amides is 1. The van der Waals surface area contributed by atoms with Crippen molar-refractivity contribution in [3.05, 3.63) is 58.6 Å². The molecule has 0 atom stereocenters. The summed E-state index contributed by atoms with van der Waals surface area (Å²) < 4.78 is 10.7. The molecule has 0 saturated carbocycles. The molecule has 0 aromatic heterocycles. The van der Waals surface area contributed by atoms with Gasteiger partial charge in [0.2, 0.25) is 11.8 Å². The number of nitrogens with two attached hydrogens (primary N) is 1. The van der Waals surface area contributed by atoms with Crippen LogP contribution >= 0.6 is 11.6 Å². The number of ether oxygens (including phenoxy) is 2. The number of halogens is 1. The minimum Gasteiger partial charge on any atom is -0.491 e. The number of benzene rings is 2. The quantitative estimate of drug-likeness (QED) is 0.726. The van der Waals surface area contributed by atoms with Gasteiger partial charge in [-0.3, -0.25) is 9.59 Å². The third kappa shape index (κ3) is 5.00. The maximum absolute atomic E-state index is 12.1. The largest absolute Gasteiger partial charge is 0.491 e. The van der Waals surface area contributed by atoms with Crippen molar-refractivity contribution >= 4 is 35.2 Å². The van der Waals surface area contributed by atoms with Gasteiger partial charge in [-0.15, -0.1) is 0 Å². The third-order valence-electron chi connectivity index (χ3n) is 3.38. The lowest BCUT2D eigenvalue weighted by Gasteiger charge is -2.11. The van der Waals surface area contributed by atoms with Crippen LogP contribution in [0.1, 0.15) is 22.8 Å². The van der Waals surface area contributed by atoms with Gasteiger partial charge in [0, 0.05) is 17.3 Å². The van der Waals surface area contributed by atoms with Crippen molar-refractivity contribution < 1.29 is 19.1 Å². The number of nitrogens with one attached hydrogen (secondary N) is 1. The van der Waals surface area contributed by atoms with Crippen LogP contribution in [0.3, 0.4) is 0 Å². The fourth-order valence-electron chi connectivity index (χ4n) is 2.25. The molecule has 6 nitrogen and oxygen atoms in total. The first-order valence-electron chi connectivity index (χ1n) is 7.83. The number of hydrogen-bond donors (Lipinski definition) is 2. The Morgan fingerprint density at radius 1 is 1.27 bits per heavy atom. The van der Waals surface area contributed by atoms with Gasteiger partial charge in [0.25, 0.3) is 0 Å². The second-order valence-corrected chi connectivity index (χ2v) is 5.64. The Hall–Kier alpha value is -2.99. The molecule has 136 valence electrons. The van der Waals surface area contributed by atoms with E-state index in [0.717, 1.165) is 0 Å². The molecule has 0 aliphatic rings. The van der Waals surface area contributed by atoms with Crippen LogP contribution in [0.15, 0.2) is 42.5 Å². The van der Waals surface area contributed by atoms with Crippen LogP contribution in [0.4, 0.5) is 5.69 Å². The Morgan fingerprint density at radius 3 is 2.69 bits per heavy atom.